The molecule has 1 aromatic heterocycles. The molecule has 0 saturated carbocycles. The van der Waals surface area contributed by atoms with Crippen LogP contribution in [0.1, 0.15) is 35.8 Å². The van der Waals surface area contributed by atoms with Crippen LogP contribution in [0.25, 0.3) is 0 Å². The first kappa shape index (κ1) is 11.6. The Hall–Kier alpha value is -1.46. The van der Waals surface area contributed by atoms with E-state index in [2.05, 4.69) is 34.5 Å². The maximum atomic E-state index is 9.36. The fourth-order valence-corrected chi connectivity index (χ4v) is 3.05. The number of nitrogens with zero attached hydrogens (tertiary/aromatic N) is 2. The van der Waals surface area contributed by atoms with Crippen molar-refractivity contribution in [1.29, 1.82) is 0 Å². The number of benzene rings is 1. The summed E-state index contributed by atoms with van der Waals surface area (Å²) in [6.07, 6.45) is 3.30. The van der Waals surface area contributed by atoms with Crippen LogP contribution in [-0.4, -0.2) is 19.9 Å². The fourth-order valence-electron chi connectivity index (χ4n) is 2.77. The molecule has 1 heterocycles. The van der Waals surface area contributed by atoms with Crippen molar-refractivity contribution < 1.29 is 5.11 Å². The SMILES string of the molecule is OCc1n[nH]c(=S)n1C1CCCc2ccccc21. The van der Waals surface area contributed by atoms with Crippen LogP contribution in [0.15, 0.2) is 24.3 Å². The second kappa shape index (κ2) is 4.66. The molecule has 4 nitrogen and oxygen atoms in total. The predicted octanol–water partition coefficient (Wildman–Crippen LogP) is 2.36. The van der Waals surface area contributed by atoms with Crippen molar-refractivity contribution in [2.45, 2.75) is 31.9 Å². The molecule has 94 valence electrons. The molecule has 0 spiro atoms. The van der Waals surface area contributed by atoms with Gasteiger partial charge in [-0.3, -0.25) is 9.67 Å². The zero-order chi connectivity index (χ0) is 12.5. The second-order valence-electron chi connectivity index (χ2n) is 4.58. The summed E-state index contributed by atoms with van der Waals surface area (Å²) in [6, 6.07) is 8.64. The summed E-state index contributed by atoms with van der Waals surface area (Å²) in [4.78, 5) is 0. The van der Waals surface area contributed by atoms with Gasteiger partial charge in [-0.1, -0.05) is 24.3 Å². The zero-order valence-electron chi connectivity index (χ0n) is 9.97. The number of aliphatic hydroxyl groups excluding tert-OH is 1. The van der Waals surface area contributed by atoms with Gasteiger partial charge in [0.05, 0.1) is 6.04 Å². The lowest BCUT2D eigenvalue weighted by molar-refractivity contribution is 0.260. The molecule has 1 aromatic carbocycles. The van der Waals surface area contributed by atoms with Gasteiger partial charge in [0.1, 0.15) is 6.61 Å². The minimum Gasteiger partial charge on any atom is -0.388 e. The molecule has 2 aromatic rings. The van der Waals surface area contributed by atoms with Crippen LogP contribution < -0.4 is 0 Å². The molecule has 2 N–H and O–H groups in total. The van der Waals surface area contributed by atoms with E-state index in [4.69, 9.17) is 12.2 Å². The molecular formula is C13H15N3OS. The van der Waals surface area contributed by atoms with E-state index < -0.39 is 0 Å². The van der Waals surface area contributed by atoms with E-state index >= 15 is 0 Å². The fraction of sp³-hybridized carbons (Fsp3) is 0.385. The van der Waals surface area contributed by atoms with E-state index in [0.29, 0.717) is 10.6 Å². The van der Waals surface area contributed by atoms with Crippen LogP contribution in [-0.2, 0) is 13.0 Å². The maximum absolute atomic E-state index is 9.36. The van der Waals surface area contributed by atoms with Crippen molar-refractivity contribution in [2.75, 3.05) is 0 Å². The molecule has 5 heteroatoms. The van der Waals surface area contributed by atoms with Gasteiger partial charge in [-0.25, -0.2) is 0 Å². The normalized spacial score (nSPS) is 18.6. The van der Waals surface area contributed by atoms with Gasteiger partial charge in [0, 0.05) is 0 Å². The van der Waals surface area contributed by atoms with E-state index in [1.165, 1.54) is 11.1 Å². The topological polar surface area (TPSA) is 53.8 Å². The van der Waals surface area contributed by atoms with Crippen LogP contribution in [0, 0.1) is 4.77 Å². The minimum atomic E-state index is -0.0915. The van der Waals surface area contributed by atoms with Crippen molar-refractivity contribution >= 4 is 12.2 Å². The molecule has 18 heavy (non-hydrogen) atoms. The minimum absolute atomic E-state index is 0.0915. The summed E-state index contributed by atoms with van der Waals surface area (Å²) in [5.74, 6) is 0.613. The number of hydrogen-bond donors (Lipinski definition) is 2. The quantitative estimate of drug-likeness (QED) is 0.816. The lowest BCUT2D eigenvalue weighted by atomic mass is 9.87. The Morgan fingerprint density at radius 2 is 2.28 bits per heavy atom. The number of rotatable bonds is 2. The van der Waals surface area contributed by atoms with E-state index in [9.17, 15) is 5.11 Å². The first-order valence-electron chi connectivity index (χ1n) is 6.15. The van der Waals surface area contributed by atoms with Gasteiger partial charge < -0.3 is 5.11 Å². The highest BCUT2D eigenvalue weighted by Crippen LogP contribution is 2.33. The first-order valence-corrected chi connectivity index (χ1v) is 6.56. The molecule has 1 aliphatic rings. The summed E-state index contributed by atoms with van der Waals surface area (Å²) in [5.41, 5.74) is 2.68. The van der Waals surface area contributed by atoms with Gasteiger partial charge in [0.2, 0.25) is 0 Å². The molecule has 1 aliphatic carbocycles. The van der Waals surface area contributed by atoms with Crippen molar-refractivity contribution in [3.05, 3.63) is 46.0 Å². The molecular weight excluding hydrogens is 246 g/mol. The largest absolute Gasteiger partial charge is 0.388 e. The summed E-state index contributed by atoms with van der Waals surface area (Å²) < 4.78 is 2.54. The summed E-state index contributed by atoms with van der Waals surface area (Å²) >= 11 is 5.28. The number of hydrogen-bond acceptors (Lipinski definition) is 3. The van der Waals surface area contributed by atoms with Crippen molar-refractivity contribution in [3.8, 4) is 0 Å². The number of fused-ring (bicyclic) bond motifs is 1. The zero-order valence-corrected chi connectivity index (χ0v) is 10.8. The Morgan fingerprint density at radius 3 is 3.11 bits per heavy atom. The third-order valence-electron chi connectivity index (χ3n) is 3.57. The molecule has 1 atom stereocenters. The summed E-state index contributed by atoms with van der Waals surface area (Å²) in [6.45, 7) is -0.0915. The number of aromatic amines is 1. The van der Waals surface area contributed by atoms with Crippen molar-refractivity contribution in [1.82, 2.24) is 14.8 Å². The Kier molecular flexibility index (Phi) is 3.01. The molecule has 0 fully saturated rings. The van der Waals surface area contributed by atoms with E-state index in [0.717, 1.165) is 19.3 Å². The van der Waals surface area contributed by atoms with E-state index in [1.54, 1.807) is 0 Å². The highest BCUT2D eigenvalue weighted by molar-refractivity contribution is 7.71. The van der Waals surface area contributed by atoms with E-state index in [-0.39, 0.29) is 12.6 Å². The number of aliphatic hydroxyl groups is 1. The Balaban J connectivity index is 2.14. The molecule has 0 radical (unpaired) electrons. The summed E-state index contributed by atoms with van der Waals surface area (Å²) in [7, 11) is 0. The van der Waals surface area contributed by atoms with Gasteiger partial charge in [-0.05, 0) is 42.6 Å². The van der Waals surface area contributed by atoms with Gasteiger partial charge in [0.25, 0.3) is 0 Å². The molecule has 0 amide bonds. The predicted molar refractivity (Wildman–Crippen MR) is 70.9 cm³/mol. The van der Waals surface area contributed by atoms with Gasteiger partial charge in [0.15, 0.2) is 10.6 Å². The van der Waals surface area contributed by atoms with Gasteiger partial charge in [-0.2, -0.15) is 5.10 Å². The first-order chi connectivity index (χ1) is 8.81. The van der Waals surface area contributed by atoms with Crippen LogP contribution in [0.3, 0.4) is 0 Å². The Morgan fingerprint density at radius 1 is 1.44 bits per heavy atom. The van der Waals surface area contributed by atoms with Gasteiger partial charge >= 0.3 is 0 Å². The average molecular weight is 261 g/mol. The monoisotopic (exact) mass is 261 g/mol. The molecule has 0 aliphatic heterocycles. The number of nitrogens with one attached hydrogen (secondary N) is 1. The molecule has 1 unspecified atom stereocenters. The highest BCUT2D eigenvalue weighted by Gasteiger charge is 2.24. The number of H-pyrrole nitrogens is 1. The molecule has 3 rings (SSSR count). The van der Waals surface area contributed by atoms with Crippen LogP contribution in [0.2, 0.25) is 0 Å². The van der Waals surface area contributed by atoms with Crippen LogP contribution in [0.5, 0.6) is 0 Å². The van der Waals surface area contributed by atoms with Gasteiger partial charge in [-0.15, -0.1) is 0 Å². The van der Waals surface area contributed by atoms with Crippen molar-refractivity contribution in [2.24, 2.45) is 0 Å². The summed E-state index contributed by atoms with van der Waals surface area (Å²) in [5, 5.41) is 16.2. The third-order valence-corrected chi connectivity index (χ3v) is 3.86. The van der Waals surface area contributed by atoms with Crippen molar-refractivity contribution in [3.63, 3.8) is 0 Å². The number of aromatic nitrogens is 3. The second-order valence-corrected chi connectivity index (χ2v) is 4.97. The van der Waals surface area contributed by atoms with Crippen LogP contribution in [0.4, 0.5) is 0 Å². The molecule has 0 saturated heterocycles. The Bertz CT molecular complexity index is 617. The van der Waals surface area contributed by atoms with E-state index in [1.807, 2.05) is 4.57 Å². The van der Waals surface area contributed by atoms with Crippen LogP contribution >= 0.6 is 12.2 Å². The average Bonchev–Trinajstić information content (AvgIpc) is 2.79. The lowest BCUT2D eigenvalue weighted by Crippen LogP contribution is -2.19. The maximum Gasteiger partial charge on any atom is 0.195 e. The number of aryl methyl sites for hydroxylation is 1. The highest BCUT2D eigenvalue weighted by atomic mass is 32.1. The third kappa shape index (κ3) is 1.79. The smallest absolute Gasteiger partial charge is 0.195 e. The standard InChI is InChI=1S/C13H15N3OS/c17-8-12-14-15-13(18)16(12)11-7-3-5-9-4-1-2-6-10(9)11/h1-2,4,6,11,17H,3,5,7-8H2,(H,15,18). The lowest BCUT2D eigenvalue weighted by Gasteiger charge is -2.27. The Labute approximate surface area is 110 Å². The molecule has 0 bridgehead atoms.